The maximum Gasteiger partial charge on any atom is 0.387 e. The molecule has 0 atom stereocenters. The van der Waals surface area contributed by atoms with Crippen LogP contribution in [-0.4, -0.2) is 50.7 Å². The summed E-state index contributed by atoms with van der Waals surface area (Å²) in [5.74, 6) is 0.828. The molecule has 0 spiro atoms. The first kappa shape index (κ1) is 24.8. The van der Waals surface area contributed by atoms with E-state index in [0.717, 1.165) is 39.0 Å². The summed E-state index contributed by atoms with van der Waals surface area (Å²) in [4.78, 5) is 6.55. The van der Waals surface area contributed by atoms with Gasteiger partial charge in [-0.15, -0.1) is 24.0 Å². The first-order chi connectivity index (χ1) is 12.1. The summed E-state index contributed by atoms with van der Waals surface area (Å²) in [5, 5.41) is 6.37. The molecule has 2 N–H and O–H groups in total. The summed E-state index contributed by atoms with van der Waals surface area (Å²) in [5.41, 5.74) is 0.660. The Bertz CT molecular complexity index is 514. The Labute approximate surface area is 172 Å². The molecule has 0 aliphatic rings. The molecule has 0 aliphatic carbocycles. The second kappa shape index (κ2) is 15.0. The molecule has 0 fully saturated rings. The highest BCUT2D eigenvalue weighted by molar-refractivity contribution is 14.0. The molecule has 1 aromatic carbocycles. The quantitative estimate of drug-likeness (QED) is 0.218. The number of aliphatic imine (C=N–C) groups is 1. The van der Waals surface area contributed by atoms with Gasteiger partial charge in [-0.05, 0) is 38.5 Å². The first-order valence-electron chi connectivity index (χ1n) is 8.80. The predicted octanol–water partition coefficient (Wildman–Crippen LogP) is 3.69. The lowest BCUT2D eigenvalue weighted by Gasteiger charge is -2.18. The van der Waals surface area contributed by atoms with Crippen LogP contribution in [0.15, 0.2) is 29.3 Å². The molecule has 0 saturated carbocycles. The fourth-order valence-electron chi connectivity index (χ4n) is 2.47. The van der Waals surface area contributed by atoms with Crippen LogP contribution in [0.25, 0.3) is 0 Å². The smallest absolute Gasteiger partial charge is 0.387 e. The molecule has 0 aliphatic heterocycles. The molecule has 0 saturated heterocycles. The topological polar surface area (TPSA) is 48.9 Å². The highest BCUT2D eigenvalue weighted by atomic mass is 127. The van der Waals surface area contributed by atoms with Crippen molar-refractivity contribution in [1.29, 1.82) is 0 Å². The molecule has 1 aromatic rings. The Morgan fingerprint density at radius 1 is 1.15 bits per heavy atom. The second-order valence-corrected chi connectivity index (χ2v) is 5.57. The zero-order chi connectivity index (χ0) is 18.5. The number of rotatable bonds is 11. The minimum atomic E-state index is -2.83. The van der Waals surface area contributed by atoms with E-state index in [-0.39, 0.29) is 29.7 Å². The molecule has 0 amide bonds. The molecule has 150 valence electrons. The lowest BCUT2D eigenvalue weighted by Crippen LogP contribution is -2.37. The summed E-state index contributed by atoms with van der Waals surface area (Å²) in [6.07, 6.45) is 2.17. The Hall–Kier alpha value is -1.16. The number of alkyl halides is 2. The van der Waals surface area contributed by atoms with Crippen molar-refractivity contribution >= 4 is 29.9 Å². The van der Waals surface area contributed by atoms with E-state index in [9.17, 15) is 8.78 Å². The van der Waals surface area contributed by atoms with E-state index in [4.69, 9.17) is 0 Å². The summed E-state index contributed by atoms with van der Waals surface area (Å²) >= 11 is 0. The fourth-order valence-corrected chi connectivity index (χ4v) is 2.47. The monoisotopic (exact) mass is 484 g/mol. The zero-order valence-electron chi connectivity index (χ0n) is 15.8. The van der Waals surface area contributed by atoms with Crippen LogP contribution in [0.5, 0.6) is 5.75 Å². The number of hydrogen-bond donors (Lipinski definition) is 2. The second-order valence-electron chi connectivity index (χ2n) is 5.57. The van der Waals surface area contributed by atoms with Gasteiger partial charge in [0.15, 0.2) is 5.96 Å². The minimum Gasteiger partial charge on any atom is -0.434 e. The molecule has 0 unspecified atom stereocenters. The molecule has 0 aromatic heterocycles. The van der Waals surface area contributed by atoms with Gasteiger partial charge in [0.25, 0.3) is 0 Å². The van der Waals surface area contributed by atoms with Gasteiger partial charge in [0.05, 0.1) is 0 Å². The van der Waals surface area contributed by atoms with Crippen molar-refractivity contribution in [2.75, 3.05) is 33.2 Å². The molecule has 0 bridgehead atoms. The lowest BCUT2D eigenvalue weighted by atomic mass is 10.2. The van der Waals surface area contributed by atoms with Crippen LogP contribution in [0, 0.1) is 0 Å². The molecule has 8 heteroatoms. The van der Waals surface area contributed by atoms with Gasteiger partial charge in [-0.2, -0.15) is 8.78 Å². The van der Waals surface area contributed by atoms with Gasteiger partial charge in [-0.25, -0.2) is 0 Å². The molecule has 5 nitrogen and oxygen atoms in total. The molecule has 0 heterocycles. The van der Waals surface area contributed by atoms with Crippen molar-refractivity contribution in [3.63, 3.8) is 0 Å². The molecule has 26 heavy (non-hydrogen) atoms. The van der Waals surface area contributed by atoms with Crippen molar-refractivity contribution in [2.45, 2.75) is 39.8 Å². The third-order valence-electron chi connectivity index (χ3n) is 3.95. The van der Waals surface area contributed by atoms with Crippen molar-refractivity contribution in [2.24, 2.45) is 4.99 Å². The van der Waals surface area contributed by atoms with Gasteiger partial charge in [0.2, 0.25) is 0 Å². The Balaban J connectivity index is 0.00000625. The maximum atomic E-state index is 12.4. The van der Waals surface area contributed by atoms with Crippen molar-refractivity contribution in [3.05, 3.63) is 29.8 Å². The van der Waals surface area contributed by atoms with Crippen LogP contribution in [0.3, 0.4) is 0 Å². The first-order valence-corrected chi connectivity index (χ1v) is 8.80. The number of nitrogens with zero attached hydrogens (tertiary/aromatic N) is 2. The average molecular weight is 484 g/mol. The van der Waals surface area contributed by atoms with E-state index in [2.05, 4.69) is 39.1 Å². The van der Waals surface area contributed by atoms with Crippen LogP contribution in [0.2, 0.25) is 0 Å². The van der Waals surface area contributed by atoms with E-state index in [1.807, 2.05) is 0 Å². The number of nitrogens with one attached hydrogen (secondary N) is 2. The summed E-state index contributed by atoms with van der Waals surface area (Å²) in [7, 11) is 1.69. The number of benzene rings is 1. The fraction of sp³-hybridized carbons (Fsp3) is 0.611. The van der Waals surface area contributed by atoms with Crippen LogP contribution in [0.1, 0.15) is 32.3 Å². The van der Waals surface area contributed by atoms with E-state index < -0.39 is 6.61 Å². The third kappa shape index (κ3) is 10.1. The van der Waals surface area contributed by atoms with E-state index in [1.54, 1.807) is 25.2 Å². The largest absolute Gasteiger partial charge is 0.434 e. The number of hydrogen-bond acceptors (Lipinski definition) is 3. The molecule has 0 radical (unpaired) electrons. The third-order valence-corrected chi connectivity index (χ3v) is 3.95. The highest BCUT2D eigenvalue weighted by Crippen LogP contribution is 2.19. The molecule has 1 rings (SSSR count). The van der Waals surface area contributed by atoms with E-state index in [1.165, 1.54) is 6.07 Å². The van der Waals surface area contributed by atoms with E-state index in [0.29, 0.717) is 18.1 Å². The summed E-state index contributed by atoms with van der Waals surface area (Å²) in [6, 6.07) is 6.75. The normalized spacial score (nSPS) is 11.4. The van der Waals surface area contributed by atoms with Crippen LogP contribution in [-0.2, 0) is 6.54 Å². The van der Waals surface area contributed by atoms with Crippen molar-refractivity contribution < 1.29 is 13.5 Å². The zero-order valence-corrected chi connectivity index (χ0v) is 18.1. The standard InChI is InChI=1S/C18H30F2N4O.HI/c1-4-24(5-2)13-9-8-12-22-18(21-3)23-14-15-10-6-7-11-16(15)25-17(19)20;/h6-7,10-11,17H,4-5,8-9,12-14H2,1-3H3,(H2,21,22,23);1H. The van der Waals surface area contributed by atoms with Crippen LogP contribution in [0.4, 0.5) is 8.78 Å². The Morgan fingerprint density at radius 3 is 2.46 bits per heavy atom. The maximum absolute atomic E-state index is 12.4. The van der Waals surface area contributed by atoms with Gasteiger partial charge in [0, 0.05) is 25.7 Å². The minimum absolute atomic E-state index is 0. The number of guanidine groups is 1. The van der Waals surface area contributed by atoms with Gasteiger partial charge >= 0.3 is 6.61 Å². The Morgan fingerprint density at radius 2 is 1.85 bits per heavy atom. The SMILES string of the molecule is CCN(CC)CCCCNC(=NC)NCc1ccccc1OC(F)F.I. The average Bonchev–Trinajstić information content (AvgIpc) is 2.61. The number of unbranched alkanes of at least 4 members (excludes halogenated alkanes) is 1. The van der Waals surface area contributed by atoms with Gasteiger partial charge in [0.1, 0.15) is 5.75 Å². The van der Waals surface area contributed by atoms with Crippen LogP contribution >= 0.6 is 24.0 Å². The van der Waals surface area contributed by atoms with Gasteiger partial charge in [-0.3, -0.25) is 4.99 Å². The lowest BCUT2D eigenvalue weighted by molar-refractivity contribution is -0.0504. The summed E-state index contributed by atoms with van der Waals surface area (Å²) in [6.45, 7) is 5.94. The number of ether oxygens (including phenoxy) is 1. The Kier molecular flexibility index (Phi) is 14.3. The summed E-state index contributed by atoms with van der Waals surface area (Å²) < 4.78 is 29.4. The van der Waals surface area contributed by atoms with Gasteiger partial charge < -0.3 is 20.3 Å². The number of para-hydroxylation sites is 1. The molecular weight excluding hydrogens is 453 g/mol. The van der Waals surface area contributed by atoms with Crippen molar-refractivity contribution in [1.82, 2.24) is 15.5 Å². The van der Waals surface area contributed by atoms with Crippen LogP contribution < -0.4 is 15.4 Å². The number of halogens is 3. The van der Waals surface area contributed by atoms with Gasteiger partial charge in [-0.1, -0.05) is 32.0 Å². The van der Waals surface area contributed by atoms with Crippen molar-refractivity contribution in [3.8, 4) is 5.75 Å². The predicted molar refractivity (Wildman–Crippen MR) is 114 cm³/mol. The highest BCUT2D eigenvalue weighted by Gasteiger charge is 2.09. The van der Waals surface area contributed by atoms with E-state index >= 15 is 0 Å². The molecular formula is C18H31F2IN4O.